The third-order valence-electron chi connectivity index (χ3n) is 16.3. The van der Waals surface area contributed by atoms with Crippen molar-refractivity contribution < 1.29 is 0 Å². The topological polar surface area (TPSA) is 0 Å². The fourth-order valence-electron chi connectivity index (χ4n) is 12.4. The first-order chi connectivity index (χ1) is 25.5. The summed E-state index contributed by atoms with van der Waals surface area (Å²) in [6, 6.07) is 19.1. The van der Waals surface area contributed by atoms with Gasteiger partial charge in [0.25, 0.3) is 0 Å². The molecule has 0 amide bonds. The summed E-state index contributed by atoms with van der Waals surface area (Å²) < 4.78 is 0. The minimum Gasteiger partial charge on any atom is -0.0619 e. The number of hydrogen-bond donors (Lipinski definition) is 0. The van der Waals surface area contributed by atoms with E-state index in [2.05, 4.69) is 159 Å². The van der Waals surface area contributed by atoms with Gasteiger partial charge in [-0.2, -0.15) is 0 Å². The molecular formula is C54H56. The van der Waals surface area contributed by atoms with Crippen LogP contribution in [-0.2, 0) is 10.8 Å². The van der Waals surface area contributed by atoms with Gasteiger partial charge in [-0.1, -0.05) is 48.5 Å². The lowest BCUT2D eigenvalue weighted by atomic mass is 9.36. The third kappa shape index (κ3) is 3.50. The molecule has 0 radical (unpaired) electrons. The molecule has 0 spiro atoms. The molecule has 6 aromatic carbocycles. The molecule has 0 N–H and O–H groups in total. The molecule has 0 atom stereocenters. The van der Waals surface area contributed by atoms with Crippen molar-refractivity contribution in [2.75, 3.05) is 0 Å². The van der Waals surface area contributed by atoms with Crippen LogP contribution in [0.2, 0.25) is 0 Å². The van der Waals surface area contributed by atoms with Crippen LogP contribution in [0.4, 0.5) is 0 Å². The minimum absolute atomic E-state index is 0.555. The largest absolute Gasteiger partial charge is 0.0653 e. The van der Waals surface area contributed by atoms with Gasteiger partial charge in [-0.15, -0.1) is 0 Å². The van der Waals surface area contributed by atoms with Crippen molar-refractivity contribution in [2.24, 2.45) is 0 Å². The van der Waals surface area contributed by atoms with Crippen LogP contribution in [-0.4, -0.2) is 0 Å². The lowest BCUT2D eigenvalue weighted by Gasteiger charge is -2.65. The van der Waals surface area contributed by atoms with E-state index in [9.17, 15) is 0 Å². The summed E-state index contributed by atoms with van der Waals surface area (Å²) in [6.45, 7) is 38.7. The molecule has 0 heteroatoms. The Morgan fingerprint density at radius 3 is 0.685 bits per heavy atom. The zero-order valence-electron chi connectivity index (χ0n) is 35.6. The van der Waals surface area contributed by atoms with E-state index < -0.39 is 10.8 Å². The van der Waals surface area contributed by atoms with Crippen molar-refractivity contribution in [1.29, 1.82) is 0 Å². The fourth-order valence-corrected chi connectivity index (χ4v) is 12.4. The first kappa shape index (κ1) is 35.0. The second-order valence-corrected chi connectivity index (χ2v) is 17.6. The van der Waals surface area contributed by atoms with Crippen molar-refractivity contribution in [2.45, 2.75) is 122 Å². The van der Waals surface area contributed by atoms with Crippen molar-refractivity contribution in [3.63, 3.8) is 0 Å². The van der Waals surface area contributed by atoms with Crippen molar-refractivity contribution in [1.82, 2.24) is 0 Å². The maximum absolute atomic E-state index is 2.53. The highest BCUT2D eigenvalue weighted by atomic mass is 14.7. The van der Waals surface area contributed by atoms with Crippen LogP contribution in [0.5, 0.6) is 0 Å². The highest BCUT2D eigenvalue weighted by Crippen LogP contribution is 2.76. The van der Waals surface area contributed by atoms with E-state index in [-0.39, 0.29) is 0 Å². The minimum atomic E-state index is -0.555. The van der Waals surface area contributed by atoms with E-state index in [1.54, 1.807) is 0 Å². The van der Waals surface area contributed by atoms with Crippen LogP contribution in [0.3, 0.4) is 0 Å². The predicted octanol–water partition coefficient (Wildman–Crippen LogP) is 13.9. The van der Waals surface area contributed by atoms with Crippen LogP contribution < -0.4 is 0 Å². The average molecular weight is 705 g/mol. The second-order valence-electron chi connectivity index (χ2n) is 17.6. The lowest BCUT2D eigenvalue weighted by Crippen LogP contribution is -2.60. The summed E-state index contributed by atoms with van der Waals surface area (Å²) in [4.78, 5) is 0. The fraction of sp³-hybridized carbons (Fsp3) is 0.333. The Labute approximate surface area is 324 Å². The lowest BCUT2D eigenvalue weighted by molar-refractivity contribution is 0.396. The molecule has 0 bridgehead atoms. The number of benzene rings is 6. The molecule has 0 aromatic heterocycles. The second kappa shape index (κ2) is 11.0. The van der Waals surface area contributed by atoms with Crippen molar-refractivity contribution in [3.05, 3.63) is 171 Å². The Balaban J connectivity index is 1.81. The van der Waals surface area contributed by atoms with Gasteiger partial charge in [0.15, 0.2) is 0 Å². The molecule has 272 valence electrons. The van der Waals surface area contributed by atoms with E-state index in [0.29, 0.717) is 0 Å². The van der Waals surface area contributed by atoms with Crippen LogP contribution >= 0.6 is 0 Å². The van der Waals surface area contributed by atoms with E-state index in [1.807, 2.05) is 0 Å². The molecule has 0 unspecified atom stereocenters. The molecule has 0 aliphatic heterocycles. The van der Waals surface area contributed by atoms with Crippen LogP contribution in [0, 0.1) is 111 Å². The summed E-state index contributed by atoms with van der Waals surface area (Å²) >= 11 is 0. The zero-order chi connectivity index (χ0) is 38.8. The zero-order valence-corrected chi connectivity index (χ0v) is 35.6. The first-order valence-corrected chi connectivity index (χ1v) is 20.2. The van der Waals surface area contributed by atoms with Crippen molar-refractivity contribution >= 4 is 0 Å². The van der Waals surface area contributed by atoms with Crippen molar-refractivity contribution in [3.8, 4) is 33.4 Å². The van der Waals surface area contributed by atoms with E-state index >= 15 is 0 Å². The van der Waals surface area contributed by atoms with Gasteiger partial charge in [-0.05, 0) is 267 Å². The predicted molar refractivity (Wildman–Crippen MR) is 231 cm³/mol. The van der Waals surface area contributed by atoms with Crippen LogP contribution in [0.25, 0.3) is 33.4 Å². The number of fused-ring (bicyclic) bond motifs is 9. The molecule has 6 aromatic rings. The van der Waals surface area contributed by atoms with Crippen LogP contribution in [0.15, 0.2) is 48.5 Å². The monoisotopic (exact) mass is 704 g/mol. The first-order valence-electron chi connectivity index (χ1n) is 20.2. The molecule has 0 saturated carbocycles. The third-order valence-corrected chi connectivity index (χ3v) is 16.3. The van der Waals surface area contributed by atoms with Gasteiger partial charge in [-0.25, -0.2) is 0 Å². The van der Waals surface area contributed by atoms with E-state index in [4.69, 9.17) is 0 Å². The maximum Gasteiger partial charge on any atom is 0.0653 e. The van der Waals surface area contributed by atoms with Gasteiger partial charge in [0.2, 0.25) is 0 Å². The summed E-state index contributed by atoms with van der Waals surface area (Å²) in [5.74, 6) is 0. The Hall–Kier alpha value is -4.68. The summed E-state index contributed by atoms with van der Waals surface area (Å²) in [6.07, 6.45) is 0. The van der Waals surface area contributed by atoms with Gasteiger partial charge in [-0.3, -0.25) is 0 Å². The Morgan fingerprint density at radius 1 is 0.241 bits per heavy atom. The molecular weight excluding hydrogens is 649 g/mol. The van der Waals surface area contributed by atoms with Gasteiger partial charge in [0.05, 0.1) is 10.8 Å². The Morgan fingerprint density at radius 2 is 0.444 bits per heavy atom. The smallest absolute Gasteiger partial charge is 0.0619 e. The maximum atomic E-state index is 2.53. The SMILES string of the molecule is Cc1c(C)c(C)c2c(c1C)-c1c(C)c(C)c(C)c(C)c1C13c4ccccc4-c4ccccc4C21c1c(C)c(C)c(C)c(C)c1-c1c(C)c(C)c(C)c(C)c13. The van der Waals surface area contributed by atoms with Crippen LogP contribution in [0.1, 0.15) is 122 Å². The molecule has 0 saturated heterocycles. The summed E-state index contributed by atoms with van der Waals surface area (Å²) in [5, 5.41) is 0. The number of rotatable bonds is 0. The van der Waals surface area contributed by atoms with Gasteiger partial charge in [0.1, 0.15) is 0 Å². The van der Waals surface area contributed by atoms with E-state index in [1.165, 1.54) is 156 Å². The molecule has 3 aliphatic carbocycles. The molecule has 0 heterocycles. The van der Waals surface area contributed by atoms with E-state index in [0.717, 1.165) is 0 Å². The van der Waals surface area contributed by atoms with Gasteiger partial charge >= 0.3 is 0 Å². The summed E-state index contributed by atoms with van der Waals surface area (Å²) in [5.41, 5.74) is 39.4. The molecule has 3 aliphatic rings. The molecule has 0 fully saturated rings. The Kier molecular flexibility index (Phi) is 7.12. The molecule has 9 rings (SSSR count). The molecule has 0 nitrogen and oxygen atoms in total. The quantitative estimate of drug-likeness (QED) is 0.148. The summed E-state index contributed by atoms with van der Waals surface area (Å²) in [7, 11) is 0. The normalized spacial score (nSPS) is 18.5. The standard InChI is InChI=1S/C54H56/c1-25-29(5)37(13)49-45(33(25)9)46-34(10)26(2)30(6)38(14)50(46)54-44-24-20-18-22-42(44)41-21-17-19-23-43(41)53(49,54)51-39(15)31(7)27(3)35(11)47(51)48-36(12)28(4)32(8)40(16)52(48)54/h17-24H,1-16H3. The highest BCUT2D eigenvalue weighted by molar-refractivity contribution is 6.03. The highest BCUT2D eigenvalue weighted by Gasteiger charge is 2.69. The average Bonchev–Trinajstić information content (AvgIpc) is 3.18. The Bertz CT molecular complexity index is 2430. The number of hydrogen-bond acceptors (Lipinski definition) is 0. The van der Waals surface area contributed by atoms with Gasteiger partial charge < -0.3 is 0 Å². The van der Waals surface area contributed by atoms with Gasteiger partial charge in [0, 0.05) is 0 Å². The molecule has 54 heavy (non-hydrogen) atoms.